The second-order valence-electron chi connectivity index (χ2n) is 10.3. The molecule has 11 nitrogen and oxygen atoms in total. The summed E-state index contributed by atoms with van der Waals surface area (Å²) in [7, 11) is 1.27. The van der Waals surface area contributed by atoms with Crippen molar-refractivity contribution in [1.82, 2.24) is 10.2 Å². The van der Waals surface area contributed by atoms with Gasteiger partial charge in [0.15, 0.2) is 11.5 Å². The van der Waals surface area contributed by atoms with Gasteiger partial charge in [0.05, 0.1) is 39.0 Å². The summed E-state index contributed by atoms with van der Waals surface area (Å²) in [5, 5.41) is 2.89. The molecule has 0 bridgehead atoms. The highest BCUT2D eigenvalue weighted by molar-refractivity contribution is 7.92. The normalized spacial score (nSPS) is 11.7. The highest BCUT2D eigenvalue weighted by Gasteiger charge is 2.34. The predicted molar refractivity (Wildman–Crippen MR) is 173 cm³/mol. The second-order valence-corrected chi connectivity index (χ2v) is 12.2. The largest absolute Gasteiger partial charge is 0.497 e. The van der Waals surface area contributed by atoms with Crippen molar-refractivity contribution in [2.45, 2.75) is 51.1 Å². The number of amides is 2. The number of nitrogens with zero attached hydrogens (tertiary/aromatic N) is 2. The Hall–Kier alpha value is -4.45. The molecular formula is C33H43N3O8S. The van der Waals surface area contributed by atoms with Crippen molar-refractivity contribution in [1.29, 1.82) is 0 Å². The summed E-state index contributed by atoms with van der Waals surface area (Å²) in [5.41, 5.74) is 1.83. The molecule has 0 aliphatic rings. The van der Waals surface area contributed by atoms with E-state index in [0.29, 0.717) is 18.0 Å². The molecule has 0 radical (unpaired) electrons. The Morgan fingerprint density at radius 2 is 1.53 bits per heavy atom. The van der Waals surface area contributed by atoms with Gasteiger partial charge in [-0.05, 0) is 55.7 Å². The molecule has 1 N–H and O–H groups in total. The summed E-state index contributed by atoms with van der Waals surface area (Å²) < 4.78 is 51.3. The van der Waals surface area contributed by atoms with Gasteiger partial charge in [-0.3, -0.25) is 13.9 Å². The summed E-state index contributed by atoms with van der Waals surface area (Å²) in [6.45, 7) is 5.48. The van der Waals surface area contributed by atoms with E-state index >= 15 is 0 Å². The first-order valence-corrected chi connectivity index (χ1v) is 16.0. The number of unbranched alkanes of at least 4 members (excludes halogenated alkanes) is 1. The van der Waals surface area contributed by atoms with E-state index in [1.165, 1.54) is 57.6 Å². The minimum Gasteiger partial charge on any atom is -0.497 e. The average Bonchev–Trinajstić information content (AvgIpc) is 3.05. The third-order valence-corrected chi connectivity index (χ3v) is 9.23. The van der Waals surface area contributed by atoms with Gasteiger partial charge >= 0.3 is 0 Å². The minimum absolute atomic E-state index is 0.0795. The molecule has 1 atom stereocenters. The van der Waals surface area contributed by atoms with Crippen LogP contribution in [0, 0.1) is 6.92 Å². The molecule has 244 valence electrons. The van der Waals surface area contributed by atoms with Crippen LogP contribution in [0.5, 0.6) is 23.0 Å². The number of anilines is 1. The van der Waals surface area contributed by atoms with E-state index in [0.717, 1.165) is 28.3 Å². The molecule has 3 aromatic rings. The zero-order chi connectivity index (χ0) is 33.1. The van der Waals surface area contributed by atoms with Crippen molar-refractivity contribution in [3.05, 3.63) is 71.8 Å². The molecule has 2 amide bonds. The second kappa shape index (κ2) is 16.0. The molecule has 0 fully saturated rings. The molecule has 0 aromatic heterocycles. The van der Waals surface area contributed by atoms with Crippen LogP contribution in [0.15, 0.2) is 65.6 Å². The standard InChI is InChI=1S/C33H43N3O8S/c1-8-9-18-34-33(38)24(3)35(21-25-13-11-10-12-23(25)2)32(37)22-36(28-19-26(41-4)14-16-29(28)42-5)45(39,40)27-15-17-30(43-6)31(20-27)44-7/h10-17,19-20,24H,8-9,18,21-22H2,1-7H3,(H,34,38)/t24-/m0/s1. The number of methoxy groups -OCH3 is 4. The van der Waals surface area contributed by atoms with Gasteiger partial charge in [0.25, 0.3) is 10.0 Å². The quantitative estimate of drug-likeness (QED) is 0.226. The van der Waals surface area contributed by atoms with Crippen LogP contribution in [-0.2, 0) is 26.2 Å². The van der Waals surface area contributed by atoms with Gasteiger partial charge in [0, 0.05) is 25.2 Å². The zero-order valence-electron chi connectivity index (χ0n) is 27.0. The number of ether oxygens (including phenoxy) is 4. The van der Waals surface area contributed by atoms with E-state index in [9.17, 15) is 18.0 Å². The highest BCUT2D eigenvalue weighted by atomic mass is 32.2. The van der Waals surface area contributed by atoms with Gasteiger partial charge in [0.2, 0.25) is 11.8 Å². The maximum absolute atomic E-state index is 14.4. The van der Waals surface area contributed by atoms with E-state index in [4.69, 9.17) is 18.9 Å². The van der Waals surface area contributed by atoms with E-state index < -0.39 is 28.5 Å². The number of hydrogen-bond acceptors (Lipinski definition) is 8. The molecule has 0 aliphatic carbocycles. The molecule has 0 spiro atoms. The number of sulfonamides is 1. The van der Waals surface area contributed by atoms with Crippen LogP contribution in [0.25, 0.3) is 0 Å². The SMILES string of the molecule is CCCCNC(=O)[C@H](C)N(Cc1ccccc1C)C(=O)CN(c1cc(OC)ccc1OC)S(=O)(=O)c1ccc(OC)c(OC)c1. The third-order valence-electron chi connectivity index (χ3n) is 7.48. The molecule has 12 heteroatoms. The van der Waals surface area contributed by atoms with Crippen LogP contribution in [0.3, 0.4) is 0 Å². The monoisotopic (exact) mass is 641 g/mol. The number of hydrogen-bond donors (Lipinski definition) is 1. The van der Waals surface area contributed by atoms with Crippen LogP contribution in [0.1, 0.15) is 37.8 Å². The Balaban J connectivity index is 2.15. The Bertz CT molecular complexity index is 1580. The number of benzene rings is 3. The van der Waals surface area contributed by atoms with Crippen molar-refractivity contribution < 1.29 is 37.0 Å². The van der Waals surface area contributed by atoms with Crippen LogP contribution >= 0.6 is 0 Å². The highest BCUT2D eigenvalue weighted by Crippen LogP contribution is 2.37. The summed E-state index contributed by atoms with van der Waals surface area (Å²) in [6.07, 6.45) is 1.68. The lowest BCUT2D eigenvalue weighted by Gasteiger charge is -2.32. The minimum atomic E-state index is -4.43. The number of aryl methyl sites for hydroxylation is 1. The van der Waals surface area contributed by atoms with Gasteiger partial charge in [-0.2, -0.15) is 0 Å². The smallest absolute Gasteiger partial charge is 0.265 e. The molecule has 3 rings (SSSR count). The Morgan fingerprint density at radius 1 is 0.867 bits per heavy atom. The van der Waals surface area contributed by atoms with Crippen molar-refractivity contribution >= 4 is 27.5 Å². The van der Waals surface area contributed by atoms with Gasteiger partial charge < -0.3 is 29.2 Å². The maximum Gasteiger partial charge on any atom is 0.265 e. The molecule has 3 aromatic carbocycles. The zero-order valence-corrected chi connectivity index (χ0v) is 27.8. The van der Waals surface area contributed by atoms with Crippen LogP contribution < -0.4 is 28.6 Å². The van der Waals surface area contributed by atoms with Crippen LogP contribution in [0.4, 0.5) is 5.69 Å². The number of rotatable bonds is 16. The molecule has 0 saturated heterocycles. The molecule has 0 heterocycles. The van der Waals surface area contributed by atoms with Crippen molar-refractivity contribution in [3.63, 3.8) is 0 Å². The molecular weight excluding hydrogens is 598 g/mol. The van der Waals surface area contributed by atoms with Crippen LogP contribution in [0.2, 0.25) is 0 Å². The van der Waals surface area contributed by atoms with E-state index in [2.05, 4.69) is 5.32 Å². The van der Waals surface area contributed by atoms with Crippen molar-refractivity contribution in [3.8, 4) is 23.0 Å². The number of carbonyl (C=O) groups excluding carboxylic acids is 2. The summed E-state index contributed by atoms with van der Waals surface area (Å²) in [5.74, 6) is 0.157. The lowest BCUT2D eigenvalue weighted by atomic mass is 10.1. The van der Waals surface area contributed by atoms with Gasteiger partial charge in [-0.1, -0.05) is 37.6 Å². The first kappa shape index (κ1) is 35.0. The van der Waals surface area contributed by atoms with Crippen LogP contribution in [-0.4, -0.2) is 72.7 Å². The molecule has 0 aliphatic heterocycles. The van der Waals surface area contributed by atoms with E-state index in [-0.39, 0.29) is 34.5 Å². The topological polar surface area (TPSA) is 124 Å². The summed E-state index contributed by atoms with van der Waals surface area (Å²) >= 11 is 0. The van der Waals surface area contributed by atoms with Gasteiger partial charge in [-0.25, -0.2) is 8.42 Å². The predicted octanol–water partition coefficient (Wildman–Crippen LogP) is 4.56. The molecule has 0 saturated carbocycles. The molecule has 0 unspecified atom stereocenters. The summed E-state index contributed by atoms with van der Waals surface area (Å²) in [4.78, 5) is 28.8. The fourth-order valence-corrected chi connectivity index (χ4v) is 6.13. The molecule has 45 heavy (non-hydrogen) atoms. The Kier molecular flexibility index (Phi) is 12.5. The Labute approximate surface area is 266 Å². The lowest BCUT2D eigenvalue weighted by Crippen LogP contribution is -2.51. The van der Waals surface area contributed by atoms with Crippen molar-refractivity contribution in [2.75, 3.05) is 45.8 Å². The number of nitrogens with one attached hydrogen (secondary N) is 1. The van der Waals surface area contributed by atoms with Gasteiger partial charge in [0.1, 0.15) is 24.1 Å². The number of carbonyl (C=O) groups is 2. The first-order valence-electron chi connectivity index (χ1n) is 14.6. The third kappa shape index (κ3) is 8.39. The average molecular weight is 642 g/mol. The van der Waals surface area contributed by atoms with E-state index in [1.807, 2.05) is 38.1 Å². The first-order chi connectivity index (χ1) is 21.5. The van der Waals surface area contributed by atoms with Crippen molar-refractivity contribution in [2.24, 2.45) is 0 Å². The fourth-order valence-electron chi connectivity index (χ4n) is 4.70. The summed E-state index contributed by atoms with van der Waals surface area (Å²) in [6, 6.07) is 15.5. The van der Waals surface area contributed by atoms with E-state index in [1.54, 1.807) is 19.1 Å². The fraction of sp³-hybridized carbons (Fsp3) is 0.394. The lowest BCUT2D eigenvalue weighted by molar-refractivity contribution is -0.139. The Morgan fingerprint density at radius 3 is 2.16 bits per heavy atom. The van der Waals surface area contributed by atoms with Gasteiger partial charge in [-0.15, -0.1) is 0 Å². The maximum atomic E-state index is 14.4.